The summed E-state index contributed by atoms with van der Waals surface area (Å²) < 4.78 is 17.1. The minimum absolute atomic E-state index is 0. The summed E-state index contributed by atoms with van der Waals surface area (Å²) >= 11 is 0. The van der Waals surface area contributed by atoms with Gasteiger partial charge in [0.05, 0.1) is 0 Å². The quantitative estimate of drug-likeness (QED) is 0.313. The molecule has 0 heterocycles. The fourth-order valence-electron chi connectivity index (χ4n) is 0. The van der Waals surface area contributed by atoms with Crippen LogP contribution in [0.1, 0.15) is 0 Å². The molecule has 13 heteroatoms. The van der Waals surface area contributed by atoms with E-state index in [-0.39, 0.29) is 74.6 Å². The number of hydrogen-bond donors (Lipinski definition) is 0. The normalized spacial score (nSPS) is 9.08. The fourth-order valence-corrected chi connectivity index (χ4v) is 0. The van der Waals surface area contributed by atoms with Gasteiger partial charge in [0.2, 0.25) is 0 Å². The van der Waals surface area contributed by atoms with E-state index in [9.17, 15) is 0 Å². The molecule has 0 saturated heterocycles. The van der Waals surface area contributed by atoms with E-state index in [0.717, 1.165) is 0 Å². The van der Waals surface area contributed by atoms with Crippen LogP contribution in [0.5, 0.6) is 0 Å². The van der Waals surface area contributed by atoms with Crippen molar-refractivity contribution in [1.82, 2.24) is 0 Å². The largest absolute Gasteiger partial charge is 3.00 e. The molecule has 0 unspecified atom stereocenters. The maximum Gasteiger partial charge on any atom is 3.00 e. The van der Waals surface area contributed by atoms with Crippen molar-refractivity contribution in [1.29, 1.82) is 0 Å². The van der Waals surface area contributed by atoms with Crippen LogP contribution in [0.15, 0.2) is 0 Å². The summed E-state index contributed by atoms with van der Waals surface area (Å²) in [4.78, 5) is 51.3. The van der Waals surface area contributed by atoms with Crippen LogP contribution in [0.25, 0.3) is 0 Å². The third-order valence-corrected chi connectivity index (χ3v) is 0. The zero-order valence-corrected chi connectivity index (χ0v) is 12.5. The van der Waals surface area contributed by atoms with E-state index in [4.69, 9.17) is 38.5 Å². The average Bonchev–Trinajstić information content (AvgIpc) is 1.12. The van der Waals surface area contributed by atoms with Gasteiger partial charge >= 0.3 is 74.6 Å². The summed E-state index contributed by atoms with van der Waals surface area (Å²) in [7, 11) is -10.8. The van der Waals surface area contributed by atoms with Crippen LogP contribution < -0.4 is 48.2 Å². The van der Waals surface area contributed by atoms with Gasteiger partial charge in [0.15, 0.2) is 0 Å². The van der Waals surface area contributed by atoms with Gasteiger partial charge in [-0.05, 0) is 0 Å². The summed E-state index contributed by atoms with van der Waals surface area (Å²) in [5.41, 5.74) is 0. The van der Waals surface area contributed by atoms with E-state index in [1.54, 1.807) is 0 Å². The minimum Gasteiger partial charge on any atom is -0.822 e. The zero-order chi connectivity index (χ0) is 9.00. The Bertz CT molecular complexity index is 134. The van der Waals surface area contributed by atoms with E-state index >= 15 is 0 Å². The molecule has 0 aliphatic carbocycles. The molecule has 0 fully saturated rings. The molecule has 0 rings (SSSR count). The predicted molar refractivity (Wildman–Crippen MR) is 21.0 cm³/mol. The van der Waals surface area contributed by atoms with Crippen molar-refractivity contribution in [3.8, 4) is 0 Å². The Morgan fingerprint density at radius 1 is 0.692 bits per heavy atom. The van der Waals surface area contributed by atoms with Gasteiger partial charge in [0, 0.05) is 0 Å². The first-order chi connectivity index (χ1) is 4.00. The Labute approximate surface area is 127 Å². The Hall–Kier alpha value is 2.69. The second kappa shape index (κ2) is 12.8. The first kappa shape index (κ1) is 29.6. The Morgan fingerprint density at radius 2 is 0.692 bits per heavy atom. The van der Waals surface area contributed by atoms with Crippen molar-refractivity contribution in [2.45, 2.75) is 0 Å². The third-order valence-electron chi connectivity index (χ3n) is 0. The topological polar surface area (TPSA) is 172 Å². The first-order valence-electron chi connectivity index (χ1n) is 1.46. The molecule has 0 saturated carbocycles. The van der Waals surface area contributed by atoms with Crippen LogP contribution in [0.4, 0.5) is 0 Å². The molecule has 0 aliphatic heterocycles. The van der Waals surface area contributed by atoms with Crippen molar-refractivity contribution in [3.63, 3.8) is 0 Å². The van der Waals surface area contributed by atoms with Crippen molar-refractivity contribution in [2.75, 3.05) is 0 Å². The van der Waals surface area contributed by atoms with Crippen LogP contribution in [-0.4, -0.2) is 23.1 Å². The fraction of sp³-hybridized carbons (Fsp3) is 0. The van der Waals surface area contributed by atoms with Crippen molar-refractivity contribution < 1.29 is 90.1 Å². The molecule has 0 spiro atoms. The van der Waals surface area contributed by atoms with Gasteiger partial charge in [-0.25, -0.2) is 0 Å². The standard InChI is InChI=1S/Li.Mg.2H3O4P.Y/c;;2*1-5(2,3)4;/h;;2*(H3,1,2,3,4);/q+1;+2;;;+3/p-6. The van der Waals surface area contributed by atoms with E-state index in [1.807, 2.05) is 0 Å². The van der Waals surface area contributed by atoms with Crippen LogP contribution in [0.3, 0.4) is 0 Å². The molecule has 8 nitrogen and oxygen atoms in total. The van der Waals surface area contributed by atoms with Crippen LogP contribution in [0.2, 0.25) is 0 Å². The van der Waals surface area contributed by atoms with Gasteiger partial charge in [-0.15, -0.1) is 0 Å². The van der Waals surface area contributed by atoms with Crippen LogP contribution >= 0.6 is 15.6 Å². The van der Waals surface area contributed by atoms with Crippen molar-refractivity contribution in [2.24, 2.45) is 0 Å². The van der Waals surface area contributed by atoms with Crippen LogP contribution in [-0.2, 0) is 41.8 Å². The summed E-state index contributed by atoms with van der Waals surface area (Å²) in [6, 6.07) is 0. The Kier molecular flexibility index (Phi) is 29.1. The predicted octanol–water partition coefficient (Wildman–Crippen LogP) is -9.03. The molecule has 0 radical (unpaired) electrons. The Balaban J connectivity index is -0.0000000267. The SMILES string of the molecule is O=P([O-])([O-])[O-].O=P([O-])([O-])[O-].[Li+].[Mg+2].[Y+3]. The van der Waals surface area contributed by atoms with E-state index < -0.39 is 15.6 Å². The monoisotopic (exact) mass is 310 g/mol. The molecular formula is LiMgO8P2Y. The van der Waals surface area contributed by atoms with Gasteiger partial charge in [0.1, 0.15) is 0 Å². The molecule has 0 aromatic carbocycles. The molecular weight excluding hydrogens is 310 g/mol. The van der Waals surface area contributed by atoms with Crippen LogP contribution in [0, 0.1) is 0 Å². The minimum atomic E-state index is -5.39. The smallest absolute Gasteiger partial charge is 0.822 e. The molecule has 0 bridgehead atoms. The van der Waals surface area contributed by atoms with Gasteiger partial charge in [-0.3, -0.25) is 0 Å². The first-order valence-corrected chi connectivity index (χ1v) is 4.38. The van der Waals surface area contributed by atoms with E-state index in [2.05, 4.69) is 0 Å². The second-order valence-corrected chi connectivity index (χ2v) is 2.68. The molecule has 0 aromatic heterocycles. The van der Waals surface area contributed by atoms with E-state index in [0.29, 0.717) is 0 Å². The number of phosphoric acid groups is 2. The second-order valence-electron chi connectivity index (χ2n) is 0.894. The van der Waals surface area contributed by atoms with Gasteiger partial charge in [0.25, 0.3) is 0 Å². The molecule has 0 N–H and O–H groups in total. The molecule has 0 aromatic rings. The van der Waals surface area contributed by atoms with Gasteiger partial charge < -0.3 is 38.5 Å². The van der Waals surface area contributed by atoms with E-state index in [1.165, 1.54) is 0 Å². The summed E-state index contributed by atoms with van der Waals surface area (Å²) in [6.07, 6.45) is 0. The molecule has 0 aliphatic rings. The molecule has 13 heavy (non-hydrogen) atoms. The molecule has 64 valence electrons. The Morgan fingerprint density at radius 3 is 0.692 bits per heavy atom. The van der Waals surface area contributed by atoms with Crippen molar-refractivity contribution >= 4 is 38.7 Å². The maximum absolute atomic E-state index is 8.55. The van der Waals surface area contributed by atoms with Crippen molar-refractivity contribution in [3.05, 3.63) is 0 Å². The average molecular weight is 310 g/mol. The molecule has 0 atom stereocenters. The maximum atomic E-state index is 8.55. The van der Waals surface area contributed by atoms with Gasteiger partial charge in [-0.1, -0.05) is 0 Å². The number of rotatable bonds is 0. The summed E-state index contributed by atoms with van der Waals surface area (Å²) in [5.74, 6) is 0. The van der Waals surface area contributed by atoms with Gasteiger partial charge in [-0.2, -0.15) is 15.6 Å². The zero-order valence-electron chi connectivity index (χ0n) is 6.44. The summed E-state index contributed by atoms with van der Waals surface area (Å²) in [6.45, 7) is 0. The third kappa shape index (κ3) is 327. The number of hydrogen-bond acceptors (Lipinski definition) is 8. The molecule has 0 amide bonds. The summed E-state index contributed by atoms with van der Waals surface area (Å²) in [5, 5.41) is 0.